The molecule has 6 rings (SSSR count). The van der Waals surface area contributed by atoms with E-state index in [0.717, 1.165) is 19.3 Å². The molecule has 1 unspecified atom stereocenters. The van der Waals surface area contributed by atoms with E-state index in [1.54, 1.807) is 11.1 Å². The van der Waals surface area contributed by atoms with E-state index in [9.17, 15) is 0 Å². The van der Waals surface area contributed by atoms with Gasteiger partial charge in [0.15, 0.2) is 0 Å². The van der Waals surface area contributed by atoms with Crippen LogP contribution in [-0.2, 0) is 33.5 Å². The Kier molecular flexibility index (Phi) is 8.26. The Morgan fingerprint density at radius 2 is 1.04 bits per heavy atom. The van der Waals surface area contributed by atoms with Crippen molar-refractivity contribution in [3.63, 3.8) is 0 Å². The normalized spacial score (nSPS) is 23.2. The quantitative estimate of drug-likeness (QED) is 0.282. The highest BCUT2D eigenvalue weighted by atomic mass is 31.1. The molecule has 0 aromatic heterocycles. The molecule has 1 spiro atoms. The van der Waals surface area contributed by atoms with E-state index in [0.29, 0.717) is 0 Å². The lowest BCUT2D eigenvalue weighted by Crippen LogP contribution is -2.51. The van der Waals surface area contributed by atoms with Gasteiger partial charge in [0.2, 0.25) is 0 Å². The molecule has 47 heavy (non-hydrogen) atoms. The van der Waals surface area contributed by atoms with Gasteiger partial charge in [-0.25, -0.2) is 0 Å². The number of hydrogen-bond donors (Lipinski definition) is 1. The second-order valence-electron chi connectivity index (χ2n) is 19.0. The SMILES string of the molecule is CC(C)(C)c1cc(P(c2cc(C(C)(C)C)cc(C(C)(C)C)c2)C2(N)CC=CC3=C2[C@]2(CC3)CCc3ccccc32)cc(C(C)(C)C)c1. The van der Waals surface area contributed by atoms with Crippen LogP contribution in [0.2, 0.25) is 0 Å². The summed E-state index contributed by atoms with van der Waals surface area (Å²) in [7, 11) is -0.999. The summed E-state index contributed by atoms with van der Waals surface area (Å²) in [5, 5.41) is 2.37. The van der Waals surface area contributed by atoms with Crippen molar-refractivity contribution < 1.29 is 0 Å². The first-order valence-corrected chi connectivity index (χ1v) is 19.4. The second-order valence-corrected chi connectivity index (χ2v) is 21.5. The minimum Gasteiger partial charge on any atom is -0.317 e. The average molecular weight is 646 g/mol. The highest BCUT2D eigenvalue weighted by Crippen LogP contribution is 2.65. The van der Waals surface area contributed by atoms with Gasteiger partial charge in [-0.05, 0) is 117 Å². The molecule has 0 amide bonds. The zero-order chi connectivity index (χ0) is 34.4. The van der Waals surface area contributed by atoms with E-state index in [4.69, 9.17) is 5.73 Å². The largest absolute Gasteiger partial charge is 0.317 e. The molecule has 0 heterocycles. The maximum absolute atomic E-state index is 8.32. The zero-order valence-electron chi connectivity index (χ0n) is 31.5. The lowest BCUT2D eigenvalue weighted by Gasteiger charge is -2.48. The predicted molar refractivity (Wildman–Crippen MR) is 207 cm³/mol. The first kappa shape index (κ1) is 34.4. The van der Waals surface area contributed by atoms with E-state index < -0.39 is 13.2 Å². The number of rotatable bonds is 3. The van der Waals surface area contributed by atoms with Crippen LogP contribution in [0, 0.1) is 0 Å². The highest BCUT2D eigenvalue weighted by molar-refractivity contribution is 7.74. The smallest absolute Gasteiger partial charge is 0.0701 e. The molecular weight excluding hydrogens is 585 g/mol. The molecule has 3 aliphatic carbocycles. The summed E-state index contributed by atoms with van der Waals surface area (Å²) < 4.78 is 0. The van der Waals surface area contributed by atoms with E-state index in [1.807, 2.05) is 0 Å². The van der Waals surface area contributed by atoms with Crippen molar-refractivity contribution >= 4 is 18.5 Å². The molecule has 3 aromatic carbocycles. The Labute approximate surface area is 288 Å². The maximum Gasteiger partial charge on any atom is 0.0701 e. The summed E-state index contributed by atoms with van der Waals surface area (Å²) in [5.41, 5.74) is 20.2. The molecule has 0 saturated carbocycles. The number of benzene rings is 3. The van der Waals surface area contributed by atoms with E-state index >= 15 is 0 Å². The van der Waals surface area contributed by atoms with E-state index in [1.165, 1.54) is 56.8 Å². The second kappa shape index (κ2) is 11.3. The fourth-order valence-electron chi connectivity index (χ4n) is 8.48. The molecule has 1 nitrogen and oxygen atoms in total. The van der Waals surface area contributed by atoms with Gasteiger partial charge in [-0.1, -0.05) is 156 Å². The van der Waals surface area contributed by atoms with Crippen molar-refractivity contribution in [3.05, 3.63) is 117 Å². The average Bonchev–Trinajstić information content (AvgIpc) is 3.53. The van der Waals surface area contributed by atoms with Crippen molar-refractivity contribution in [2.24, 2.45) is 5.73 Å². The Balaban J connectivity index is 1.70. The Hall–Kier alpha value is -2.47. The third-order valence-electron chi connectivity index (χ3n) is 11.4. The molecule has 2 atom stereocenters. The Bertz CT molecular complexity index is 1620. The van der Waals surface area contributed by atoms with Gasteiger partial charge in [-0.3, -0.25) is 0 Å². The molecule has 0 bridgehead atoms. The van der Waals surface area contributed by atoms with Crippen LogP contribution in [-0.4, -0.2) is 5.28 Å². The summed E-state index contributed by atoms with van der Waals surface area (Å²) >= 11 is 0. The molecule has 2 heteroatoms. The molecule has 250 valence electrons. The van der Waals surface area contributed by atoms with Crippen LogP contribution < -0.4 is 16.3 Å². The minimum absolute atomic E-state index is 0.0228. The van der Waals surface area contributed by atoms with Crippen LogP contribution in [0.1, 0.15) is 142 Å². The van der Waals surface area contributed by atoms with Gasteiger partial charge < -0.3 is 5.73 Å². The number of hydrogen-bond acceptors (Lipinski definition) is 1. The summed E-state index contributed by atoms with van der Waals surface area (Å²) in [6, 6.07) is 24.4. The van der Waals surface area contributed by atoms with Crippen molar-refractivity contribution in [3.8, 4) is 0 Å². The van der Waals surface area contributed by atoms with Gasteiger partial charge in [0.05, 0.1) is 5.28 Å². The fourth-order valence-corrected chi connectivity index (χ4v) is 11.6. The van der Waals surface area contributed by atoms with Crippen LogP contribution in [0.25, 0.3) is 0 Å². The van der Waals surface area contributed by atoms with Crippen molar-refractivity contribution in [1.82, 2.24) is 0 Å². The van der Waals surface area contributed by atoms with Crippen LogP contribution in [0.15, 0.2) is 84.0 Å². The third kappa shape index (κ3) is 6.04. The topological polar surface area (TPSA) is 26.0 Å². The summed E-state index contributed by atoms with van der Waals surface area (Å²) in [6.45, 7) is 28.4. The van der Waals surface area contributed by atoms with Crippen molar-refractivity contribution in [1.29, 1.82) is 0 Å². The standard InChI is InChI=1S/C45H60NP/c1-40(2,3)32-24-33(41(4,5)6)27-36(26-32)47(37-28-34(42(7,8)9)25-35(29-37)43(10,11)12)45(46)21-15-17-31-20-23-44(39(31)45)22-19-30-16-13-14-18-38(30)44/h13-18,24-29H,19-23,46H2,1-12H3/t44-,45?/m0/s1. The van der Waals surface area contributed by atoms with Crippen molar-refractivity contribution in [2.45, 2.75) is 148 Å². The molecule has 0 fully saturated rings. The van der Waals surface area contributed by atoms with Crippen molar-refractivity contribution in [2.75, 3.05) is 0 Å². The lowest BCUT2D eigenvalue weighted by molar-refractivity contribution is 0.450. The number of fused-ring (bicyclic) bond motifs is 3. The molecule has 0 saturated heterocycles. The van der Waals surface area contributed by atoms with E-state index in [-0.39, 0.29) is 27.1 Å². The van der Waals surface area contributed by atoms with Gasteiger partial charge in [0.25, 0.3) is 0 Å². The molecule has 2 N–H and O–H groups in total. The molecule has 0 radical (unpaired) electrons. The molecular formula is C45H60NP. The van der Waals surface area contributed by atoms with Crippen LogP contribution in [0.3, 0.4) is 0 Å². The lowest BCUT2D eigenvalue weighted by atomic mass is 9.71. The Morgan fingerprint density at radius 1 is 0.596 bits per heavy atom. The third-order valence-corrected chi connectivity index (χ3v) is 14.1. The fraction of sp³-hybridized carbons (Fsp3) is 0.511. The minimum atomic E-state index is -0.999. The maximum atomic E-state index is 8.32. The zero-order valence-corrected chi connectivity index (χ0v) is 32.4. The molecule has 3 aromatic rings. The molecule has 3 aliphatic rings. The highest BCUT2D eigenvalue weighted by Gasteiger charge is 2.56. The van der Waals surface area contributed by atoms with E-state index in [2.05, 4.69) is 156 Å². The summed E-state index contributed by atoms with van der Waals surface area (Å²) in [4.78, 5) is 0. The predicted octanol–water partition coefficient (Wildman–Crippen LogP) is 10.9. The first-order chi connectivity index (χ1) is 21.6. The van der Waals surface area contributed by atoms with Gasteiger partial charge in [-0.2, -0.15) is 0 Å². The summed E-state index contributed by atoms with van der Waals surface area (Å²) in [6.07, 6.45) is 10.3. The molecule has 0 aliphatic heterocycles. The van der Waals surface area contributed by atoms with Crippen LogP contribution in [0.5, 0.6) is 0 Å². The monoisotopic (exact) mass is 645 g/mol. The van der Waals surface area contributed by atoms with Crippen LogP contribution >= 0.6 is 7.92 Å². The van der Waals surface area contributed by atoms with Gasteiger partial charge in [0.1, 0.15) is 0 Å². The van der Waals surface area contributed by atoms with Gasteiger partial charge in [0, 0.05) is 5.41 Å². The number of nitrogens with two attached hydrogens (primary N) is 1. The first-order valence-electron chi connectivity index (χ1n) is 18.0. The van der Waals surface area contributed by atoms with Crippen LogP contribution in [0.4, 0.5) is 0 Å². The summed E-state index contributed by atoms with van der Waals surface area (Å²) in [5.74, 6) is 0. The van der Waals surface area contributed by atoms with Gasteiger partial charge >= 0.3 is 0 Å². The Morgan fingerprint density at radius 3 is 1.51 bits per heavy atom. The number of allylic oxidation sites excluding steroid dienone is 2. The number of aryl methyl sites for hydroxylation is 1. The van der Waals surface area contributed by atoms with Gasteiger partial charge in [-0.15, -0.1) is 0 Å².